The van der Waals surface area contributed by atoms with Gasteiger partial charge >= 0.3 is 0 Å². The van der Waals surface area contributed by atoms with Crippen molar-refractivity contribution in [3.63, 3.8) is 0 Å². The molecule has 0 spiro atoms. The Balaban J connectivity index is 1.74. The van der Waals surface area contributed by atoms with Crippen molar-refractivity contribution in [2.75, 3.05) is 25.9 Å². The van der Waals surface area contributed by atoms with Gasteiger partial charge in [-0.3, -0.25) is 4.90 Å². The van der Waals surface area contributed by atoms with Crippen LogP contribution in [0.3, 0.4) is 0 Å². The molecule has 18 heavy (non-hydrogen) atoms. The zero-order chi connectivity index (χ0) is 12.8. The number of nitrogens with zero attached hydrogens (tertiary/aromatic N) is 1. The first kappa shape index (κ1) is 13.9. The smallest absolute Gasteiger partial charge is 0.0221 e. The summed E-state index contributed by atoms with van der Waals surface area (Å²) in [5, 5.41) is 3.60. The maximum Gasteiger partial charge on any atom is 0.0221 e. The Kier molecular flexibility index (Phi) is 5.54. The topological polar surface area (TPSA) is 15.3 Å². The van der Waals surface area contributed by atoms with Crippen molar-refractivity contribution in [1.29, 1.82) is 0 Å². The minimum atomic E-state index is 0.750. The van der Waals surface area contributed by atoms with Crippen LogP contribution >= 0.6 is 11.8 Å². The molecule has 1 aliphatic heterocycles. The van der Waals surface area contributed by atoms with E-state index in [1.165, 1.54) is 36.4 Å². The van der Waals surface area contributed by atoms with Crippen molar-refractivity contribution in [2.45, 2.75) is 37.2 Å². The second-order valence-corrected chi connectivity index (χ2v) is 5.78. The molecule has 1 N–H and O–H groups in total. The van der Waals surface area contributed by atoms with Crippen LogP contribution in [0.1, 0.15) is 25.3 Å². The quantitative estimate of drug-likeness (QED) is 0.795. The summed E-state index contributed by atoms with van der Waals surface area (Å²) in [5.41, 5.74) is 1.38. The molecule has 0 unspecified atom stereocenters. The van der Waals surface area contributed by atoms with Crippen LogP contribution in [0.4, 0.5) is 0 Å². The number of nitrogens with one attached hydrogen (secondary N) is 1. The molecular formula is C15H24N2S. The van der Waals surface area contributed by atoms with E-state index < -0.39 is 0 Å². The maximum atomic E-state index is 3.60. The minimum absolute atomic E-state index is 0.750. The summed E-state index contributed by atoms with van der Waals surface area (Å²) in [6, 6.07) is 9.61. The SMILES string of the molecule is CCN1CCC[C@@H]1CNCc1ccc(SC)cc1. The van der Waals surface area contributed by atoms with Crippen LogP contribution in [0, 0.1) is 0 Å². The minimum Gasteiger partial charge on any atom is -0.311 e. The van der Waals surface area contributed by atoms with Gasteiger partial charge in [-0.1, -0.05) is 19.1 Å². The van der Waals surface area contributed by atoms with E-state index in [9.17, 15) is 0 Å². The second kappa shape index (κ2) is 7.17. The Morgan fingerprint density at radius 1 is 1.33 bits per heavy atom. The van der Waals surface area contributed by atoms with Gasteiger partial charge in [0.1, 0.15) is 0 Å². The van der Waals surface area contributed by atoms with Gasteiger partial charge in [0, 0.05) is 24.0 Å². The molecule has 0 radical (unpaired) electrons. The van der Waals surface area contributed by atoms with Crippen LogP contribution in [0.25, 0.3) is 0 Å². The van der Waals surface area contributed by atoms with Gasteiger partial charge in [-0.2, -0.15) is 0 Å². The van der Waals surface area contributed by atoms with Gasteiger partial charge in [0.25, 0.3) is 0 Å². The lowest BCUT2D eigenvalue weighted by Gasteiger charge is -2.23. The average molecular weight is 264 g/mol. The summed E-state index contributed by atoms with van der Waals surface area (Å²) in [7, 11) is 0. The lowest BCUT2D eigenvalue weighted by molar-refractivity contribution is 0.260. The Hall–Kier alpha value is -0.510. The molecule has 2 rings (SSSR count). The van der Waals surface area contributed by atoms with E-state index in [2.05, 4.69) is 47.7 Å². The van der Waals surface area contributed by atoms with E-state index in [0.717, 1.165) is 19.1 Å². The molecule has 3 heteroatoms. The summed E-state index contributed by atoms with van der Waals surface area (Å²) in [4.78, 5) is 3.93. The third-order valence-corrected chi connectivity index (χ3v) is 4.52. The molecule has 0 aliphatic carbocycles. The highest BCUT2D eigenvalue weighted by atomic mass is 32.2. The van der Waals surface area contributed by atoms with Crippen LogP contribution in [0.2, 0.25) is 0 Å². The highest BCUT2D eigenvalue weighted by Gasteiger charge is 2.21. The average Bonchev–Trinajstić information content (AvgIpc) is 2.87. The van der Waals surface area contributed by atoms with Gasteiger partial charge in [0.05, 0.1) is 0 Å². The van der Waals surface area contributed by atoms with Crippen LogP contribution in [-0.2, 0) is 6.54 Å². The summed E-state index contributed by atoms with van der Waals surface area (Å²) in [6.07, 6.45) is 4.83. The number of rotatable bonds is 6. The zero-order valence-corrected chi connectivity index (χ0v) is 12.3. The van der Waals surface area contributed by atoms with Gasteiger partial charge in [-0.05, 0) is 49.9 Å². The number of likely N-dealkylation sites (N-methyl/N-ethyl adjacent to an activating group) is 1. The number of hydrogen-bond donors (Lipinski definition) is 1. The normalized spacial score (nSPS) is 20.4. The molecule has 1 heterocycles. The fraction of sp³-hybridized carbons (Fsp3) is 0.600. The molecule has 0 saturated carbocycles. The van der Waals surface area contributed by atoms with Gasteiger partial charge in [-0.25, -0.2) is 0 Å². The molecule has 1 atom stereocenters. The highest BCUT2D eigenvalue weighted by molar-refractivity contribution is 7.98. The molecule has 0 aromatic heterocycles. The summed E-state index contributed by atoms with van der Waals surface area (Å²) in [5.74, 6) is 0. The standard InChI is InChI=1S/C15H24N2S/c1-3-17-10-4-5-14(17)12-16-11-13-6-8-15(18-2)9-7-13/h6-9,14,16H,3-5,10-12H2,1-2H3/t14-/m1/s1. The Morgan fingerprint density at radius 3 is 2.78 bits per heavy atom. The van der Waals surface area contributed by atoms with Crippen molar-refractivity contribution in [3.05, 3.63) is 29.8 Å². The van der Waals surface area contributed by atoms with E-state index in [4.69, 9.17) is 0 Å². The number of thioether (sulfide) groups is 1. The Labute approximate surface area is 115 Å². The van der Waals surface area contributed by atoms with Crippen molar-refractivity contribution >= 4 is 11.8 Å². The number of likely N-dealkylation sites (tertiary alicyclic amines) is 1. The third kappa shape index (κ3) is 3.74. The van der Waals surface area contributed by atoms with E-state index in [1.807, 2.05) is 0 Å². The van der Waals surface area contributed by atoms with Crippen LogP contribution in [-0.4, -0.2) is 36.8 Å². The highest BCUT2D eigenvalue weighted by Crippen LogP contribution is 2.16. The largest absolute Gasteiger partial charge is 0.311 e. The molecule has 1 aromatic carbocycles. The first-order chi connectivity index (χ1) is 8.83. The van der Waals surface area contributed by atoms with E-state index >= 15 is 0 Å². The lowest BCUT2D eigenvalue weighted by atomic mass is 10.2. The van der Waals surface area contributed by atoms with Gasteiger partial charge in [0.2, 0.25) is 0 Å². The van der Waals surface area contributed by atoms with Gasteiger partial charge < -0.3 is 5.32 Å². The van der Waals surface area contributed by atoms with Crippen molar-refractivity contribution in [2.24, 2.45) is 0 Å². The van der Waals surface area contributed by atoms with Gasteiger partial charge in [-0.15, -0.1) is 11.8 Å². The molecule has 1 saturated heterocycles. The molecule has 0 amide bonds. The molecule has 100 valence electrons. The maximum absolute atomic E-state index is 3.60. The first-order valence-corrected chi connectivity index (χ1v) is 8.13. The Bertz CT molecular complexity index is 350. The van der Waals surface area contributed by atoms with Crippen molar-refractivity contribution in [3.8, 4) is 0 Å². The number of hydrogen-bond acceptors (Lipinski definition) is 3. The van der Waals surface area contributed by atoms with Gasteiger partial charge in [0.15, 0.2) is 0 Å². The lowest BCUT2D eigenvalue weighted by Crippen LogP contribution is -2.37. The third-order valence-electron chi connectivity index (χ3n) is 3.77. The first-order valence-electron chi connectivity index (χ1n) is 6.91. The molecule has 1 fully saturated rings. The van der Waals surface area contributed by atoms with Crippen molar-refractivity contribution < 1.29 is 0 Å². The molecule has 1 aromatic rings. The fourth-order valence-corrected chi connectivity index (χ4v) is 3.08. The molecule has 2 nitrogen and oxygen atoms in total. The summed E-state index contributed by atoms with van der Waals surface area (Å²) in [6.45, 7) is 6.85. The van der Waals surface area contributed by atoms with E-state index in [1.54, 1.807) is 11.8 Å². The predicted octanol–water partition coefficient (Wildman–Crippen LogP) is 2.98. The van der Waals surface area contributed by atoms with Crippen LogP contribution in [0.15, 0.2) is 29.2 Å². The number of benzene rings is 1. The Morgan fingerprint density at radius 2 is 2.11 bits per heavy atom. The molecular weight excluding hydrogens is 240 g/mol. The van der Waals surface area contributed by atoms with Crippen molar-refractivity contribution in [1.82, 2.24) is 10.2 Å². The van der Waals surface area contributed by atoms with Crippen LogP contribution in [0.5, 0.6) is 0 Å². The predicted molar refractivity (Wildman–Crippen MR) is 80.2 cm³/mol. The van der Waals surface area contributed by atoms with E-state index in [0.29, 0.717) is 0 Å². The summed E-state index contributed by atoms with van der Waals surface area (Å²) < 4.78 is 0. The molecule has 1 aliphatic rings. The molecule has 0 bridgehead atoms. The second-order valence-electron chi connectivity index (χ2n) is 4.90. The summed E-state index contributed by atoms with van der Waals surface area (Å²) >= 11 is 1.80. The monoisotopic (exact) mass is 264 g/mol. The fourth-order valence-electron chi connectivity index (χ4n) is 2.67. The van der Waals surface area contributed by atoms with Crippen LogP contribution < -0.4 is 5.32 Å². The zero-order valence-electron chi connectivity index (χ0n) is 11.5. The van der Waals surface area contributed by atoms with E-state index in [-0.39, 0.29) is 0 Å².